The number of nitrogens with one attached hydrogen (secondary N) is 1. The number of aromatic nitrogens is 2. The molecule has 2 heterocycles. The van der Waals surface area contributed by atoms with Gasteiger partial charge in [-0.25, -0.2) is 4.98 Å². The Bertz CT molecular complexity index is 335. The molecule has 1 unspecified atom stereocenters. The van der Waals surface area contributed by atoms with E-state index in [4.69, 9.17) is 5.73 Å². The molecule has 13 heavy (non-hydrogen) atoms. The maximum Gasteiger partial charge on any atom is 0.222 e. The Hall–Kier alpha value is -1.32. The van der Waals surface area contributed by atoms with Crippen LogP contribution in [0.25, 0.3) is 0 Å². The predicted octanol–water partition coefficient (Wildman–Crippen LogP) is 0.971. The summed E-state index contributed by atoms with van der Waals surface area (Å²) in [6.07, 6.45) is 1.05. The van der Waals surface area contributed by atoms with Gasteiger partial charge in [-0.05, 0) is 19.3 Å². The fraction of sp³-hybridized carbons (Fsp3) is 0.556. The Morgan fingerprint density at radius 3 is 3.00 bits per heavy atom. The van der Waals surface area contributed by atoms with Gasteiger partial charge in [0.15, 0.2) is 0 Å². The minimum Gasteiger partial charge on any atom is -0.369 e. The molecule has 70 valence electrons. The molecule has 1 aromatic rings. The molecule has 0 spiro atoms. The zero-order chi connectivity index (χ0) is 9.42. The highest BCUT2D eigenvalue weighted by Gasteiger charge is 2.18. The first-order chi connectivity index (χ1) is 6.16. The second-order valence-corrected chi connectivity index (χ2v) is 3.68. The van der Waals surface area contributed by atoms with Crippen LogP contribution in [0, 0.1) is 12.8 Å². The first-order valence-corrected chi connectivity index (χ1v) is 4.53. The average molecular weight is 178 g/mol. The lowest BCUT2D eigenvalue weighted by atomic mass is 9.97. The van der Waals surface area contributed by atoms with E-state index in [1.54, 1.807) is 0 Å². The zero-order valence-electron chi connectivity index (χ0n) is 7.96. The summed E-state index contributed by atoms with van der Waals surface area (Å²) in [5.74, 6) is 1.93. The van der Waals surface area contributed by atoms with E-state index >= 15 is 0 Å². The van der Waals surface area contributed by atoms with Gasteiger partial charge in [0.1, 0.15) is 5.82 Å². The molecule has 0 aliphatic carbocycles. The molecular formula is C9H14N4. The highest BCUT2D eigenvalue weighted by Crippen LogP contribution is 2.24. The monoisotopic (exact) mass is 178 g/mol. The Balaban J connectivity index is 2.47. The van der Waals surface area contributed by atoms with Crippen molar-refractivity contribution < 1.29 is 0 Å². The number of nitrogens with two attached hydrogens (primary N) is 1. The topological polar surface area (TPSA) is 63.8 Å². The average Bonchev–Trinajstić information content (AvgIpc) is 2.06. The summed E-state index contributed by atoms with van der Waals surface area (Å²) in [4.78, 5) is 8.31. The van der Waals surface area contributed by atoms with Gasteiger partial charge in [0, 0.05) is 17.8 Å². The Morgan fingerprint density at radius 2 is 2.23 bits per heavy atom. The second-order valence-electron chi connectivity index (χ2n) is 3.68. The highest BCUT2D eigenvalue weighted by molar-refractivity contribution is 5.51. The van der Waals surface area contributed by atoms with Crippen LogP contribution in [0.4, 0.5) is 11.8 Å². The normalized spacial score (nSPS) is 20.6. The number of aryl methyl sites for hydroxylation is 1. The maximum atomic E-state index is 5.56. The summed E-state index contributed by atoms with van der Waals surface area (Å²) in [6, 6.07) is 0. The Morgan fingerprint density at radius 1 is 1.46 bits per heavy atom. The van der Waals surface area contributed by atoms with Gasteiger partial charge in [-0.1, -0.05) is 6.92 Å². The number of rotatable bonds is 0. The first-order valence-electron chi connectivity index (χ1n) is 4.53. The lowest BCUT2D eigenvalue weighted by Gasteiger charge is -2.23. The van der Waals surface area contributed by atoms with Gasteiger partial charge in [0.2, 0.25) is 5.95 Å². The van der Waals surface area contributed by atoms with Crippen molar-refractivity contribution in [2.75, 3.05) is 17.6 Å². The molecule has 0 bridgehead atoms. The van der Waals surface area contributed by atoms with Crippen molar-refractivity contribution in [2.45, 2.75) is 20.3 Å². The molecule has 2 rings (SSSR count). The fourth-order valence-electron chi connectivity index (χ4n) is 1.70. The summed E-state index contributed by atoms with van der Waals surface area (Å²) >= 11 is 0. The minimum atomic E-state index is 0.360. The van der Waals surface area contributed by atoms with Gasteiger partial charge in [-0.3, -0.25) is 0 Å². The van der Waals surface area contributed by atoms with Crippen molar-refractivity contribution in [3.05, 3.63) is 11.3 Å². The quantitative estimate of drug-likeness (QED) is 0.621. The standard InChI is InChI=1S/C9H14N4/c1-5-3-7-6(2)12-9(10)13-8(7)11-4-5/h5H,3-4H2,1-2H3,(H3,10,11,12,13). The third-order valence-electron chi connectivity index (χ3n) is 2.40. The smallest absolute Gasteiger partial charge is 0.222 e. The van der Waals surface area contributed by atoms with E-state index in [9.17, 15) is 0 Å². The van der Waals surface area contributed by atoms with Crippen LogP contribution < -0.4 is 11.1 Å². The molecule has 4 heteroatoms. The van der Waals surface area contributed by atoms with Crippen LogP contribution >= 0.6 is 0 Å². The largest absolute Gasteiger partial charge is 0.369 e. The van der Waals surface area contributed by atoms with E-state index in [1.807, 2.05) is 6.92 Å². The third-order valence-corrected chi connectivity index (χ3v) is 2.40. The molecule has 0 fully saturated rings. The summed E-state index contributed by atoms with van der Waals surface area (Å²) in [5.41, 5.74) is 7.77. The minimum absolute atomic E-state index is 0.360. The molecule has 0 aromatic carbocycles. The lowest BCUT2D eigenvalue weighted by molar-refractivity contribution is 0.586. The molecule has 1 atom stereocenters. The van der Waals surface area contributed by atoms with Crippen LogP contribution in [0.15, 0.2) is 0 Å². The van der Waals surface area contributed by atoms with Gasteiger partial charge in [-0.15, -0.1) is 0 Å². The molecule has 0 saturated heterocycles. The molecule has 0 saturated carbocycles. The highest BCUT2D eigenvalue weighted by atomic mass is 15.1. The van der Waals surface area contributed by atoms with Crippen molar-refractivity contribution >= 4 is 11.8 Å². The summed E-state index contributed by atoms with van der Waals surface area (Å²) in [7, 11) is 0. The van der Waals surface area contributed by atoms with Crippen molar-refractivity contribution in [2.24, 2.45) is 5.92 Å². The van der Waals surface area contributed by atoms with Crippen molar-refractivity contribution in [1.29, 1.82) is 0 Å². The summed E-state index contributed by atoms with van der Waals surface area (Å²) in [6.45, 7) is 5.17. The van der Waals surface area contributed by atoms with E-state index in [-0.39, 0.29) is 0 Å². The molecule has 0 radical (unpaired) electrons. The van der Waals surface area contributed by atoms with Gasteiger partial charge >= 0.3 is 0 Å². The fourth-order valence-corrected chi connectivity index (χ4v) is 1.70. The second kappa shape index (κ2) is 2.87. The number of hydrogen-bond acceptors (Lipinski definition) is 4. The van der Waals surface area contributed by atoms with E-state index in [1.165, 1.54) is 5.56 Å². The van der Waals surface area contributed by atoms with Crippen LogP contribution in [0.5, 0.6) is 0 Å². The van der Waals surface area contributed by atoms with Crippen LogP contribution in [-0.2, 0) is 6.42 Å². The van der Waals surface area contributed by atoms with Crippen LogP contribution in [0.1, 0.15) is 18.2 Å². The third kappa shape index (κ3) is 1.43. The van der Waals surface area contributed by atoms with E-state index in [0.717, 1.165) is 24.5 Å². The molecule has 0 amide bonds. The van der Waals surface area contributed by atoms with Gasteiger partial charge in [0.25, 0.3) is 0 Å². The van der Waals surface area contributed by atoms with Crippen molar-refractivity contribution in [1.82, 2.24) is 9.97 Å². The number of fused-ring (bicyclic) bond motifs is 1. The zero-order valence-corrected chi connectivity index (χ0v) is 7.96. The molecule has 3 N–H and O–H groups in total. The van der Waals surface area contributed by atoms with Gasteiger partial charge in [-0.2, -0.15) is 4.98 Å². The molecule has 1 aliphatic heterocycles. The predicted molar refractivity (Wildman–Crippen MR) is 52.5 cm³/mol. The number of hydrogen-bond donors (Lipinski definition) is 2. The van der Waals surface area contributed by atoms with Crippen molar-refractivity contribution in [3.63, 3.8) is 0 Å². The number of nitrogen functional groups attached to an aromatic ring is 1. The van der Waals surface area contributed by atoms with Crippen LogP contribution in [-0.4, -0.2) is 16.5 Å². The van der Waals surface area contributed by atoms with Crippen LogP contribution in [0.2, 0.25) is 0 Å². The first kappa shape index (κ1) is 8.29. The molecule has 4 nitrogen and oxygen atoms in total. The van der Waals surface area contributed by atoms with Crippen LogP contribution in [0.3, 0.4) is 0 Å². The summed E-state index contributed by atoms with van der Waals surface area (Å²) in [5, 5.41) is 3.26. The van der Waals surface area contributed by atoms with Crippen molar-refractivity contribution in [3.8, 4) is 0 Å². The van der Waals surface area contributed by atoms with E-state index in [0.29, 0.717) is 11.9 Å². The van der Waals surface area contributed by atoms with E-state index < -0.39 is 0 Å². The SMILES string of the molecule is Cc1nc(N)nc2c1CC(C)CN2. The van der Waals surface area contributed by atoms with Gasteiger partial charge in [0.05, 0.1) is 0 Å². The number of anilines is 2. The lowest BCUT2D eigenvalue weighted by Crippen LogP contribution is -2.23. The Labute approximate surface area is 77.6 Å². The maximum absolute atomic E-state index is 5.56. The molecule has 1 aliphatic rings. The Kier molecular flexibility index (Phi) is 1.83. The summed E-state index contributed by atoms with van der Waals surface area (Å²) < 4.78 is 0. The molecule has 1 aromatic heterocycles. The van der Waals surface area contributed by atoms with E-state index in [2.05, 4.69) is 22.2 Å². The van der Waals surface area contributed by atoms with Gasteiger partial charge < -0.3 is 11.1 Å². The number of nitrogens with zero attached hydrogens (tertiary/aromatic N) is 2. The molecular weight excluding hydrogens is 164 g/mol.